The molecule has 0 atom stereocenters. The Morgan fingerprint density at radius 3 is 1.91 bits per heavy atom. The third-order valence-corrected chi connectivity index (χ3v) is 7.21. The van der Waals surface area contributed by atoms with Gasteiger partial charge in [0.1, 0.15) is 5.75 Å². The van der Waals surface area contributed by atoms with E-state index in [4.69, 9.17) is 4.74 Å². The van der Waals surface area contributed by atoms with Gasteiger partial charge in [0.2, 0.25) is 10.2 Å². The average Bonchev–Trinajstić information content (AvgIpc) is 2.40. The van der Waals surface area contributed by atoms with Crippen LogP contribution in [0.2, 0.25) is 0 Å². The number of ether oxygens (including phenoxy) is 1. The van der Waals surface area contributed by atoms with Gasteiger partial charge in [0.15, 0.2) is 0 Å². The maximum atomic E-state index is 11.6. The van der Waals surface area contributed by atoms with Crippen LogP contribution < -0.4 is 10.1 Å². The van der Waals surface area contributed by atoms with E-state index in [-0.39, 0.29) is 5.91 Å². The van der Waals surface area contributed by atoms with Crippen molar-refractivity contribution in [1.29, 1.82) is 0 Å². The largest absolute Gasteiger partial charge is 0.465 e. The van der Waals surface area contributed by atoms with Gasteiger partial charge in [-0.1, -0.05) is 0 Å². The molecule has 0 radical (unpaired) electrons. The Bertz CT molecular complexity index is 529. The maximum absolute atomic E-state index is 11.6. The zero-order chi connectivity index (χ0) is 17.1. The highest BCUT2D eigenvalue weighted by Gasteiger charge is 2.47. The normalized spacial score (nSPS) is 12.2. The van der Waals surface area contributed by atoms with Gasteiger partial charge in [0.25, 0.3) is 0 Å². The number of benzene rings is 1. The number of carbonyl (C=O) groups excluding carboxylic acids is 1. The summed E-state index contributed by atoms with van der Waals surface area (Å²) < 4.78 is 5.79. The minimum absolute atomic E-state index is 0.0580. The molecule has 0 fully saturated rings. The fraction of sp³-hybridized carbons (Fsp3) is 0.588. The molecule has 124 valence electrons. The maximum Gasteiger partial charge on any atom is 0.223 e. The molecule has 0 aromatic heterocycles. The first-order valence-electron chi connectivity index (χ1n) is 7.24. The Balaban J connectivity index is 3.24. The third kappa shape index (κ3) is 3.93. The van der Waals surface area contributed by atoms with Crippen LogP contribution in [0.25, 0.3) is 0 Å². The van der Waals surface area contributed by atoms with E-state index in [0.29, 0.717) is 0 Å². The Labute approximate surface area is 143 Å². The summed E-state index contributed by atoms with van der Waals surface area (Å²) in [6.07, 6.45) is 4.02. The van der Waals surface area contributed by atoms with E-state index < -0.39 is 9.80 Å². The topological polar surface area (TPSA) is 38.3 Å². The monoisotopic (exact) mass is 341 g/mol. The van der Waals surface area contributed by atoms with Crippen molar-refractivity contribution in [2.75, 3.05) is 12.5 Å². The molecule has 1 aromatic rings. The molecule has 5 heteroatoms. The van der Waals surface area contributed by atoms with Gasteiger partial charge in [-0.05, 0) is 76.0 Å². The van der Waals surface area contributed by atoms with E-state index in [9.17, 15) is 4.79 Å². The van der Waals surface area contributed by atoms with Crippen LogP contribution in [0.5, 0.6) is 5.75 Å². The van der Waals surface area contributed by atoms with Gasteiger partial charge in [0, 0.05) is 6.92 Å². The molecule has 0 bridgehead atoms. The van der Waals surface area contributed by atoms with Crippen molar-refractivity contribution in [1.82, 2.24) is 5.32 Å². The lowest BCUT2D eigenvalue weighted by Gasteiger charge is -2.44. The SMILES string of the molecule is CSC(Oc1cc(C)c(C)c(C)c1)(SC)C(C)(C)NC(C)=O. The van der Waals surface area contributed by atoms with E-state index in [1.807, 2.05) is 26.4 Å². The van der Waals surface area contributed by atoms with Crippen molar-refractivity contribution >= 4 is 29.4 Å². The Morgan fingerprint density at radius 1 is 1.09 bits per heavy atom. The molecule has 0 saturated carbocycles. The van der Waals surface area contributed by atoms with E-state index in [0.717, 1.165) is 5.75 Å². The molecule has 0 aliphatic heterocycles. The number of carbonyl (C=O) groups is 1. The van der Waals surface area contributed by atoms with Crippen molar-refractivity contribution in [2.45, 2.75) is 51.3 Å². The first kappa shape index (κ1) is 19.2. The highest BCUT2D eigenvalue weighted by molar-refractivity contribution is 8.17. The molecule has 1 aromatic carbocycles. The molecule has 1 amide bonds. The molecule has 0 saturated heterocycles. The zero-order valence-corrected chi connectivity index (χ0v) is 16.4. The highest BCUT2D eigenvalue weighted by Crippen LogP contribution is 2.45. The average molecular weight is 342 g/mol. The number of amides is 1. The minimum Gasteiger partial charge on any atom is -0.465 e. The van der Waals surface area contributed by atoms with Crippen molar-refractivity contribution in [2.24, 2.45) is 0 Å². The van der Waals surface area contributed by atoms with Gasteiger partial charge in [-0.3, -0.25) is 4.79 Å². The van der Waals surface area contributed by atoms with Crippen LogP contribution in [0.15, 0.2) is 12.1 Å². The molecule has 0 heterocycles. The Morgan fingerprint density at radius 2 is 1.55 bits per heavy atom. The smallest absolute Gasteiger partial charge is 0.223 e. The van der Waals surface area contributed by atoms with Gasteiger partial charge < -0.3 is 10.1 Å². The van der Waals surface area contributed by atoms with Crippen LogP contribution in [0.3, 0.4) is 0 Å². The molecule has 3 nitrogen and oxygen atoms in total. The van der Waals surface area contributed by atoms with Crippen molar-refractivity contribution in [3.63, 3.8) is 0 Å². The molecular formula is C17H27NO2S2. The summed E-state index contributed by atoms with van der Waals surface area (Å²) in [5, 5.41) is 3.02. The van der Waals surface area contributed by atoms with Crippen LogP contribution >= 0.6 is 23.5 Å². The number of aryl methyl sites for hydroxylation is 2. The summed E-state index contributed by atoms with van der Waals surface area (Å²) in [5.41, 5.74) is 3.18. The molecule has 1 rings (SSSR count). The highest BCUT2D eigenvalue weighted by atomic mass is 32.2. The summed E-state index contributed by atoms with van der Waals surface area (Å²) >= 11 is 3.21. The predicted octanol–water partition coefficient (Wildman–Crippen LogP) is 4.29. The summed E-state index contributed by atoms with van der Waals surface area (Å²) in [6.45, 7) is 11.8. The number of nitrogens with one attached hydrogen (secondary N) is 1. The lowest BCUT2D eigenvalue weighted by molar-refractivity contribution is -0.121. The van der Waals surface area contributed by atoms with E-state index >= 15 is 0 Å². The number of rotatable bonds is 6. The van der Waals surface area contributed by atoms with E-state index in [1.54, 1.807) is 23.5 Å². The van der Waals surface area contributed by atoms with Crippen LogP contribution in [-0.4, -0.2) is 28.2 Å². The van der Waals surface area contributed by atoms with Crippen molar-refractivity contribution in [3.05, 3.63) is 28.8 Å². The summed E-state index contributed by atoms with van der Waals surface area (Å²) in [5.74, 6) is 0.778. The third-order valence-electron chi connectivity index (χ3n) is 3.94. The molecule has 1 N–H and O–H groups in total. The quantitative estimate of drug-likeness (QED) is 0.784. The van der Waals surface area contributed by atoms with Gasteiger partial charge in [-0.25, -0.2) is 0 Å². The molecule has 0 unspecified atom stereocenters. The molecule has 0 spiro atoms. The second-order valence-corrected chi connectivity index (χ2v) is 8.28. The second-order valence-electron chi connectivity index (χ2n) is 6.05. The van der Waals surface area contributed by atoms with Gasteiger partial charge >= 0.3 is 0 Å². The van der Waals surface area contributed by atoms with Crippen LogP contribution in [0.4, 0.5) is 0 Å². The summed E-state index contributed by atoms with van der Waals surface area (Å²) in [6, 6.07) is 4.13. The van der Waals surface area contributed by atoms with Gasteiger partial charge in [-0.2, -0.15) is 0 Å². The lowest BCUT2D eigenvalue weighted by atomic mass is 10.0. The predicted molar refractivity (Wildman–Crippen MR) is 98.9 cm³/mol. The molecular weight excluding hydrogens is 314 g/mol. The van der Waals surface area contributed by atoms with Gasteiger partial charge in [0.05, 0.1) is 5.54 Å². The first-order chi connectivity index (χ1) is 10.1. The lowest BCUT2D eigenvalue weighted by Crippen LogP contribution is -2.59. The number of hydrogen-bond acceptors (Lipinski definition) is 4. The number of thioether (sulfide) groups is 2. The first-order valence-corrected chi connectivity index (χ1v) is 9.69. The summed E-state index contributed by atoms with van der Waals surface area (Å²) in [7, 11) is 0. The standard InChI is InChI=1S/C17H27NO2S2/c1-11-9-15(10-12(2)13(11)3)20-17(21-7,22-8)16(5,6)18-14(4)19/h9-10H,1-8H3,(H,18,19). The van der Waals surface area contributed by atoms with Crippen molar-refractivity contribution in [3.8, 4) is 5.75 Å². The van der Waals surface area contributed by atoms with E-state index in [2.05, 4.69) is 38.2 Å². The molecule has 0 aliphatic rings. The van der Waals surface area contributed by atoms with Gasteiger partial charge in [-0.15, -0.1) is 23.5 Å². The van der Waals surface area contributed by atoms with Crippen molar-refractivity contribution < 1.29 is 9.53 Å². The summed E-state index contributed by atoms with van der Waals surface area (Å²) in [4.78, 5) is 11.6. The molecule has 0 aliphatic carbocycles. The second kappa shape index (κ2) is 7.18. The number of hydrogen-bond donors (Lipinski definition) is 1. The fourth-order valence-electron chi connectivity index (χ4n) is 2.53. The Kier molecular flexibility index (Phi) is 6.27. The Hall–Kier alpha value is -0.810. The minimum atomic E-state index is -0.604. The van der Waals surface area contributed by atoms with E-state index in [1.165, 1.54) is 23.6 Å². The van der Waals surface area contributed by atoms with Crippen LogP contribution in [-0.2, 0) is 4.79 Å². The van der Waals surface area contributed by atoms with Crippen LogP contribution in [0, 0.1) is 20.8 Å². The zero-order valence-electron chi connectivity index (χ0n) is 14.8. The van der Waals surface area contributed by atoms with Crippen LogP contribution in [0.1, 0.15) is 37.5 Å². The molecule has 22 heavy (non-hydrogen) atoms. The fourth-order valence-corrected chi connectivity index (χ4v) is 4.68.